The van der Waals surface area contributed by atoms with E-state index in [2.05, 4.69) is 130 Å². The van der Waals surface area contributed by atoms with Crippen molar-refractivity contribution in [1.29, 1.82) is 0 Å². The summed E-state index contributed by atoms with van der Waals surface area (Å²) in [6.45, 7) is 5.75. The predicted octanol–water partition coefficient (Wildman–Crippen LogP) is 17.0. The van der Waals surface area contributed by atoms with Crippen LogP contribution < -0.4 is 0 Å². The number of aliphatic hydroxyl groups excluding tert-OH is 2. The van der Waals surface area contributed by atoms with Crippen molar-refractivity contribution in [3.05, 3.63) is 109 Å². The number of hydrogen-bond donors (Lipinski definition) is 3. The highest BCUT2D eigenvalue weighted by Gasteiger charge is 2.50. The molecule has 1 saturated heterocycles. The number of carbonyl (C=O) groups is 4. The van der Waals surface area contributed by atoms with Gasteiger partial charge in [-0.1, -0.05) is 239 Å². The summed E-state index contributed by atoms with van der Waals surface area (Å²) >= 11 is 0. The molecule has 0 saturated carbocycles. The highest BCUT2D eigenvalue weighted by molar-refractivity contribution is 5.74. The van der Waals surface area contributed by atoms with Gasteiger partial charge in [0, 0.05) is 19.3 Å². The molecule has 6 unspecified atom stereocenters. The Bertz CT molecular complexity index is 1820. The second-order valence-electron chi connectivity index (χ2n) is 21.3. The Morgan fingerprint density at radius 1 is 0.420 bits per heavy atom. The lowest BCUT2D eigenvalue weighted by Crippen LogP contribution is -2.61. The Labute approximate surface area is 491 Å². The maximum atomic E-state index is 13.2. The highest BCUT2D eigenvalue weighted by Crippen LogP contribution is 2.26. The SMILES string of the molecule is CC/C=C\C/C=C\C/C=C\C/C=C\C/C=C\CCCCCC(=O)OC1C(OCC(COC(=O)CCCCCCCC/C=C\C/C=C\C/C=C\C/C=C\CC)OC(=O)CCCCCCCCCCCCCCC)OC(C(=O)O)C(O)C1O. The van der Waals surface area contributed by atoms with Gasteiger partial charge in [0.05, 0.1) is 6.61 Å². The summed E-state index contributed by atoms with van der Waals surface area (Å²) in [5.41, 5.74) is 0. The van der Waals surface area contributed by atoms with Crippen LogP contribution in [0.15, 0.2) is 109 Å². The average molecular weight is 1130 g/mol. The molecule has 3 N–H and O–H groups in total. The molecule has 0 aliphatic carbocycles. The van der Waals surface area contributed by atoms with Crippen LogP contribution in [-0.4, -0.2) is 89.2 Å². The smallest absolute Gasteiger partial charge is 0.335 e. The fraction of sp³-hybridized carbons (Fsp3) is 0.681. The van der Waals surface area contributed by atoms with E-state index in [9.17, 15) is 34.5 Å². The molecule has 12 heteroatoms. The number of carbonyl (C=O) groups excluding carboxylic acids is 3. The molecule has 12 nitrogen and oxygen atoms in total. The van der Waals surface area contributed by atoms with Gasteiger partial charge in [-0.25, -0.2) is 4.79 Å². The number of carboxylic acid groups (broad SMARTS) is 1. The van der Waals surface area contributed by atoms with E-state index in [-0.39, 0.29) is 25.9 Å². The lowest BCUT2D eigenvalue weighted by atomic mass is 9.98. The Kier molecular flexibility index (Phi) is 51.3. The summed E-state index contributed by atoms with van der Waals surface area (Å²) in [6.07, 6.45) is 63.3. The molecule has 0 aromatic rings. The number of ether oxygens (including phenoxy) is 5. The van der Waals surface area contributed by atoms with Gasteiger partial charge in [0.15, 0.2) is 24.6 Å². The molecule has 0 radical (unpaired) electrons. The molecule has 1 heterocycles. The Morgan fingerprint density at radius 3 is 1.20 bits per heavy atom. The average Bonchev–Trinajstić information content (AvgIpc) is 3.54. The minimum absolute atomic E-state index is 0.0160. The lowest BCUT2D eigenvalue weighted by Gasteiger charge is -2.40. The summed E-state index contributed by atoms with van der Waals surface area (Å²) in [5, 5.41) is 31.6. The monoisotopic (exact) mass is 1130 g/mol. The topological polar surface area (TPSA) is 175 Å². The van der Waals surface area contributed by atoms with Gasteiger partial charge in [-0.3, -0.25) is 14.4 Å². The summed E-state index contributed by atoms with van der Waals surface area (Å²) in [4.78, 5) is 51.3. The number of unbranched alkanes of at least 4 members (excludes halogenated alkanes) is 21. The molecule has 0 bridgehead atoms. The van der Waals surface area contributed by atoms with Crippen LogP contribution in [0.3, 0.4) is 0 Å². The largest absolute Gasteiger partial charge is 0.479 e. The maximum absolute atomic E-state index is 13.2. The van der Waals surface area contributed by atoms with Crippen molar-refractivity contribution in [3.8, 4) is 0 Å². The van der Waals surface area contributed by atoms with Gasteiger partial charge in [0.2, 0.25) is 0 Å². The van der Waals surface area contributed by atoms with Crippen LogP contribution in [0.4, 0.5) is 0 Å². The van der Waals surface area contributed by atoms with E-state index in [0.29, 0.717) is 19.3 Å². The number of aliphatic hydroxyl groups is 2. The number of esters is 3. The second kappa shape index (κ2) is 55.9. The Balaban J connectivity index is 2.68. The van der Waals surface area contributed by atoms with Crippen LogP contribution in [0.2, 0.25) is 0 Å². The van der Waals surface area contributed by atoms with Gasteiger partial charge in [0.25, 0.3) is 0 Å². The van der Waals surface area contributed by atoms with Crippen LogP contribution in [-0.2, 0) is 42.9 Å². The third-order valence-corrected chi connectivity index (χ3v) is 13.8. The molecule has 0 aromatic heterocycles. The molecule has 460 valence electrons. The predicted molar refractivity (Wildman–Crippen MR) is 330 cm³/mol. The zero-order valence-electron chi connectivity index (χ0n) is 50.7. The summed E-state index contributed by atoms with van der Waals surface area (Å²) in [5.74, 6) is -3.18. The van der Waals surface area contributed by atoms with Crippen molar-refractivity contribution in [3.63, 3.8) is 0 Å². The van der Waals surface area contributed by atoms with Crippen molar-refractivity contribution in [2.24, 2.45) is 0 Å². The summed E-state index contributed by atoms with van der Waals surface area (Å²) < 4.78 is 28.5. The number of allylic oxidation sites excluding steroid dienone is 18. The number of aliphatic carboxylic acids is 1. The van der Waals surface area contributed by atoms with Crippen molar-refractivity contribution < 1.29 is 58.2 Å². The molecule has 1 aliphatic rings. The first-order valence-electron chi connectivity index (χ1n) is 31.9. The minimum Gasteiger partial charge on any atom is -0.479 e. The van der Waals surface area contributed by atoms with E-state index in [4.69, 9.17) is 23.7 Å². The standard InChI is InChI=1S/C69H112O12/c1-4-7-10-13-16-19-22-25-27-29-31-33-35-38-40-43-46-49-52-55-61(70)77-58-60(79-62(71)56-53-50-47-44-41-37-24-21-18-15-12-9-6-3)59-78-69-67(65(74)64(73)66(81-69)68(75)76)80-63(72)57-54-51-48-45-42-39-36-34-32-30-28-26-23-20-17-14-11-8-5-2/h7-8,10-11,16-17,19-20,25-28,31-34,39,42,60,64-67,69,73-74H,4-6,9,12-15,18,21-24,29-30,35-38,40-41,43-59H2,1-3H3,(H,75,76)/b10-7-,11-8-,19-16-,20-17-,27-25-,28-26-,33-31-,34-32-,42-39-. The zero-order chi connectivity index (χ0) is 58.9. The van der Waals surface area contributed by atoms with Gasteiger partial charge in [-0.05, 0) is 103 Å². The van der Waals surface area contributed by atoms with Gasteiger partial charge in [0.1, 0.15) is 18.8 Å². The molecule has 0 aromatic carbocycles. The fourth-order valence-corrected chi connectivity index (χ4v) is 9.03. The van der Waals surface area contributed by atoms with Crippen molar-refractivity contribution in [2.75, 3.05) is 13.2 Å². The molecule has 1 aliphatic heterocycles. The molecule has 0 spiro atoms. The molecule has 1 fully saturated rings. The number of hydrogen-bond acceptors (Lipinski definition) is 11. The first kappa shape index (κ1) is 74.4. The van der Waals surface area contributed by atoms with Crippen LogP contribution in [0.1, 0.15) is 252 Å². The molecule has 81 heavy (non-hydrogen) atoms. The van der Waals surface area contributed by atoms with Gasteiger partial charge < -0.3 is 39.0 Å². The minimum atomic E-state index is -1.92. The first-order valence-corrected chi connectivity index (χ1v) is 31.9. The Morgan fingerprint density at radius 2 is 0.778 bits per heavy atom. The highest BCUT2D eigenvalue weighted by atomic mass is 16.7. The fourth-order valence-electron chi connectivity index (χ4n) is 9.03. The van der Waals surface area contributed by atoms with Gasteiger partial charge in [-0.2, -0.15) is 0 Å². The van der Waals surface area contributed by atoms with Crippen molar-refractivity contribution in [1.82, 2.24) is 0 Å². The quantitative estimate of drug-likeness (QED) is 0.0228. The third kappa shape index (κ3) is 45.6. The van der Waals surface area contributed by atoms with E-state index < -0.39 is 67.3 Å². The van der Waals surface area contributed by atoms with E-state index in [1.165, 1.54) is 57.8 Å². The molecule has 0 amide bonds. The van der Waals surface area contributed by atoms with Gasteiger partial charge in [-0.15, -0.1) is 0 Å². The summed E-state index contributed by atoms with van der Waals surface area (Å²) in [6, 6.07) is 0. The summed E-state index contributed by atoms with van der Waals surface area (Å²) in [7, 11) is 0. The maximum Gasteiger partial charge on any atom is 0.335 e. The van der Waals surface area contributed by atoms with Crippen molar-refractivity contribution in [2.45, 2.75) is 289 Å². The first-order chi connectivity index (χ1) is 39.6. The Hall–Kier alpha value is -4.62. The van der Waals surface area contributed by atoms with Crippen LogP contribution >= 0.6 is 0 Å². The molecule has 6 atom stereocenters. The van der Waals surface area contributed by atoms with Crippen LogP contribution in [0.25, 0.3) is 0 Å². The van der Waals surface area contributed by atoms with E-state index in [1.54, 1.807) is 0 Å². The van der Waals surface area contributed by atoms with Crippen LogP contribution in [0, 0.1) is 0 Å². The van der Waals surface area contributed by atoms with Crippen molar-refractivity contribution >= 4 is 23.9 Å². The normalized spacial score (nSPS) is 18.5. The third-order valence-electron chi connectivity index (χ3n) is 13.8. The van der Waals surface area contributed by atoms with Gasteiger partial charge >= 0.3 is 23.9 Å². The molecular weight excluding hydrogens is 1020 g/mol. The molecular formula is C69H112O12. The number of rotatable bonds is 53. The van der Waals surface area contributed by atoms with Crippen LogP contribution in [0.5, 0.6) is 0 Å². The van der Waals surface area contributed by atoms with E-state index in [0.717, 1.165) is 135 Å². The zero-order valence-corrected chi connectivity index (χ0v) is 50.7. The lowest BCUT2D eigenvalue weighted by molar-refractivity contribution is -0.301. The second-order valence-corrected chi connectivity index (χ2v) is 21.3. The molecule has 1 rings (SSSR count). The van der Waals surface area contributed by atoms with E-state index >= 15 is 0 Å². The number of carboxylic acids is 1. The van der Waals surface area contributed by atoms with E-state index in [1.807, 2.05) is 0 Å².